The summed E-state index contributed by atoms with van der Waals surface area (Å²) in [6, 6.07) is 43.5. The average Bonchev–Trinajstić information content (AvgIpc) is 3.48. The first kappa shape index (κ1) is 24.9. The maximum Gasteiger partial charge on any atom is 0.164 e. The zero-order valence-electron chi connectivity index (χ0n) is 23.2. The second-order valence-corrected chi connectivity index (χ2v) is 10.6. The van der Waals surface area contributed by atoms with Crippen LogP contribution in [0.15, 0.2) is 140 Å². The first-order valence-corrected chi connectivity index (χ1v) is 14.3. The zero-order valence-corrected chi connectivity index (χ0v) is 23.2. The topological polar surface area (TPSA) is 64.5 Å². The minimum absolute atomic E-state index is 0.645. The number of nitrogens with zero attached hydrogens (tertiary/aromatic N) is 5. The van der Waals surface area contributed by atoms with Crippen molar-refractivity contribution in [3.8, 4) is 67.8 Å². The minimum Gasteiger partial charge on any atom is -0.254 e. The van der Waals surface area contributed by atoms with Crippen LogP contribution >= 0.6 is 0 Å². The zero-order chi connectivity index (χ0) is 28.6. The third-order valence-electron chi connectivity index (χ3n) is 7.89. The highest BCUT2D eigenvalue weighted by molar-refractivity contribution is 5.82. The van der Waals surface area contributed by atoms with Crippen LogP contribution in [0, 0.1) is 0 Å². The highest BCUT2D eigenvalue weighted by Crippen LogP contribution is 2.39. The molecule has 0 N–H and O–H groups in total. The van der Waals surface area contributed by atoms with Gasteiger partial charge in [0, 0.05) is 35.5 Å². The maximum atomic E-state index is 4.91. The molecule has 0 saturated carbocycles. The lowest BCUT2D eigenvalue weighted by molar-refractivity contribution is 1.07. The van der Waals surface area contributed by atoms with Crippen LogP contribution in [0.2, 0.25) is 0 Å². The van der Waals surface area contributed by atoms with Crippen LogP contribution in [0.5, 0.6) is 0 Å². The number of hydrogen-bond donors (Lipinski definition) is 0. The van der Waals surface area contributed by atoms with Crippen molar-refractivity contribution >= 4 is 0 Å². The van der Waals surface area contributed by atoms with Crippen LogP contribution in [0.4, 0.5) is 0 Å². The first-order chi connectivity index (χ1) is 21.3. The van der Waals surface area contributed by atoms with Crippen molar-refractivity contribution < 1.29 is 0 Å². The van der Waals surface area contributed by atoms with Crippen LogP contribution in [0.1, 0.15) is 11.1 Å². The normalized spacial score (nSPS) is 11.6. The third kappa shape index (κ3) is 4.67. The summed E-state index contributed by atoms with van der Waals surface area (Å²) in [6.07, 6.45) is 4.58. The van der Waals surface area contributed by atoms with Gasteiger partial charge in [-0.1, -0.05) is 109 Å². The fourth-order valence-corrected chi connectivity index (χ4v) is 5.75. The SMILES string of the molecule is c1ccc(-c2nc(-c3ccccc3)nc(-c3cccc(-c4ccc(-c5ccnc6c5Cc5cccnc5-6)cc4)c3)n2)cc1. The van der Waals surface area contributed by atoms with E-state index in [1.165, 1.54) is 22.3 Å². The molecule has 0 spiro atoms. The van der Waals surface area contributed by atoms with Gasteiger partial charge in [0.25, 0.3) is 0 Å². The molecule has 0 fully saturated rings. The predicted molar refractivity (Wildman–Crippen MR) is 171 cm³/mol. The van der Waals surface area contributed by atoms with Gasteiger partial charge in [0.2, 0.25) is 0 Å². The lowest BCUT2D eigenvalue weighted by Gasteiger charge is -2.11. The van der Waals surface area contributed by atoms with Gasteiger partial charge in [-0.15, -0.1) is 0 Å². The number of aromatic nitrogens is 5. The van der Waals surface area contributed by atoms with Gasteiger partial charge in [0.05, 0.1) is 11.4 Å². The lowest BCUT2D eigenvalue weighted by Crippen LogP contribution is -2.00. The van der Waals surface area contributed by atoms with Crippen molar-refractivity contribution in [2.75, 3.05) is 0 Å². The van der Waals surface area contributed by atoms with Crippen molar-refractivity contribution in [3.63, 3.8) is 0 Å². The maximum absolute atomic E-state index is 4.91. The van der Waals surface area contributed by atoms with Gasteiger partial charge in [-0.2, -0.15) is 0 Å². The summed E-state index contributed by atoms with van der Waals surface area (Å²) in [5.41, 5.74) is 11.9. The summed E-state index contributed by atoms with van der Waals surface area (Å²) in [4.78, 5) is 23.9. The van der Waals surface area contributed by atoms with Gasteiger partial charge < -0.3 is 0 Å². The van der Waals surface area contributed by atoms with Crippen molar-refractivity contribution in [3.05, 3.63) is 151 Å². The summed E-state index contributed by atoms with van der Waals surface area (Å²) >= 11 is 0. The van der Waals surface area contributed by atoms with E-state index >= 15 is 0 Å². The summed E-state index contributed by atoms with van der Waals surface area (Å²) in [5.74, 6) is 1.95. The van der Waals surface area contributed by atoms with E-state index in [-0.39, 0.29) is 0 Å². The van der Waals surface area contributed by atoms with Crippen molar-refractivity contribution in [2.24, 2.45) is 0 Å². The molecule has 5 nitrogen and oxygen atoms in total. The quantitative estimate of drug-likeness (QED) is 0.214. The average molecular weight is 552 g/mol. The fourth-order valence-electron chi connectivity index (χ4n) is 5.75. The molecule has 0 atom stereocenters. The molecule has 3 aromatic heterocycles. The smallest absolute Gasteiger partial charge is 0.164 e. The molecule has 3 heterocycles. The predicted octanol–water partition coefficient (Wildman–Crippen LogP) is 8.57. The Morgan fingerprint density at radius 3 is 1.67 bits per heavy atom. The molecule has 1 aliphatic carbocycles. The van der Waals surface area contributed by atoms with E-state index in [9.17, 15) is 0 Å². The largest absolute Gasteiger partial charge is 0.254 e. The van der Waals surface area contributed by atoms with Crippen LogP contribution in [-0.4, -0.2) is 24.9 Å². The lowest BCUT2D eigenvalue weighted by atomic mass is 9.96. The molecule has 0 unspecified atom stereocenters. The van der Waals surface area contributed by atoms with E-state index in [0.29, 0.717) is 17.5 Å². The van der Waals surface area contributed by atoms with Gasteiger partial charge in [-0.25, -0.2) is 15.0 Å². The van der Waals surface area contributed by atoms with E-state index in [4.69, 9.17) is 15.0 Å². The van der Waals surface area contributed by atoms with Crippen LogP contribution < -0.4 is 0 Å². The third-order valence-corrected chi connectivity index (χ3v) is 7.89. The van der Waals surface area contributed by atoms with Gasteiger partial charge >= 0.3 is 0 Å². The van der Waals surface area contributed by atoms with Crippen molar-refractivity contribution in [1.29, 1.82) is 0 Å². The van der Waals surface area contributed by atoms with E-state index in [0.717, 1.165) is 45.6 Å². The Bertz CT molecular complexity index is 2030. The van der Waals surface area contributed by atoms with Gasteiger partial charge in [-0.05, 0) is 51.6 Å². The van der Waals surface area contributed by atoms with Crippen LogP contribution in [0.25, 0.3) is 67.8 Å². The van der Waals surface area contributed by atoms with Crippen molar-refractivity contribution in [2.45, 2.75) is 6.42 Å². The molecule has 202 valence electrons. The number of pyridine rings is 2. The van der Waals surface area contributed by atoms with E-state index in [1.54, 1.807) is 0 Å². The Kier molecular flexibility index (Phi) is 6.12. The summed E-state index contributed by atoms with van der Waals surface area (Å²) in [5, 5.41) is 0. The molecule has 8 rings (SSSR count). The van der Waals surface area contributed by atoms with Crippen LogP contribution in [-0.2, 0) is 6.42 Å². The van der Waals surface area contributed by atoms with E-state index in [1.807, 2.05) is 79.1 Å². The minimum atomic E-state index is 0.645. The van der Waals surface area contributed by atoms with Gasteiger partial charge in [-0.3, -0.25) is 9.97 Å². The highest BCUT2D eigenvalue weighted by atomic mass is 15.0. The molecule has 0 radical (unpaired) electrons. The second-order valence-electron chi connectivity index (χ2n) is 10.6. The number of rotatable bonds is 5. The summed E-state index contributed by atoms with van der Waals surface area (Å²) in [7, 11) is 0. The molecule has 5 heteroatoms. The summed E-state index contributed by atoms with van der Waals surface area (Å²) in [6.45, 7) is 0. The van der Waals surface area contributed by atoms with Gasteiger partial charge in [0.15, 0.2) is 17.5 Å². The molecule has 0 aliphatic heterocycles. The highest BCUT2D eigenvalue weighted by Gasteiger charge is 2.23. The fraction of sp³-hybridized carbons (Fsp3) is 0.0263. The molecule has 0 bridgehead atoms. The standard InChI is InChI=1S/C38H25N5/c1-3-9-27(10-4-1)36-41-37(28-11-5-2-6-12-28)43-38(42-36)31-14-7-13-29(23-31)25-16-18-26(19-17-25)32-20-22-40-35-33(32)24-30-15-8-21-39-34(30)35/h1-23H,24H2. The second kappa shape index (κ2) is 10.5. The van der Waals surface area contributed by atoms with Crippen LogP contribution in [0.3, 0.4) is 0 Å². The molecular formula is C38H25N5. The van der Waals surface area contributed by atoms with Crippen molar-refractivity contribution in [1.82, 2.24) is 24.9 Å². The van der Waals surface area contributed by atoms with E-state index < -0.39 is 0 Å². The molecule has 4 aromatic carbocycles. The Balaban J connectivity index is 1.15. The molecule has 0 amide bonds. The number of hydrogen-bond acceptors (Lipinski definition) is 5. The monoisotopic (exact) mass is 551 g/mol. The Morgan fingerprint density at radius 1 is 0.395 bits per heavy atom. The molecule has 1 aliphatic rings. The molecular weight excluding hydrogens is 526 g/mol. The Morgan fingerprint density at radius 2 is 0.977 bits per heavy atom. The number of fused-ring (bicyclic) bond motifs is 3. The number of benzene rings is 4. The van der Waals surface area contributed by atoms with Gasteiger partial charge in [0.1, 0.15) is 0 Å². The summed E-state index contributed by atoms with van der Waals surface area (Å²) < 4.78 is 0. The Hall–Kier alpha value is -5.81. The molecule has 7 aromatic rings. The Labute approximate surface area is 249 Å². The molecule has 0 saturated heterocycles. The molecule has 43 heavy (non-hydrogen) atoms. The van der Waals surface area contributed by atoms with E-state index in [2.05, 4.69) is 70.6 Å². The first-order valence-electron chi connectivity index (χ1n) is 14.3.